The minimum Gasteiger partial charge on any atom is -0.507 e. The first-order chi connectivity index (χ1) is 5.84. The highest BCUT2D eigenvalue weighted by Crippen LogP contribution is 2.24. The maximum absolute atomic E-state index is 8.98. The summed E-state index contributed by atoms with van der Waals surface area (Å²) in [7, 11) is 0. The van der Waals surface area contributed by atoms with Crippen molar-refractivity contribution in [1.29, 1.82) is 0 Å². The van der Waals surface area contributed by atoms with Gasteiger partial charge in [0.25, 0.3) is 0 Å². The standard InChI is InChI=1S/C6H5N3O.C2H6.CH4/c7-9-8-5-3-1-2-4-6(5)10;1-2;/h1-4,10H;1-2H3;1H4. The molecule has 0 unspecified atom stereocenters. The highest BCUT2D eigenvalue weighted by Gasteiger charge is 1.92. The number of azide groups is 1. The van der Waals surface area contributed by atoms with Gasteiger partial charge in [0.1, 0.15) is 5.75 Å². The van der Waals surface area contributed by atoms with Crippen LogP contribution in [0.15, 0.2) is 29.4 Å². The van der Waals surface area contributed by atoms with Crippen LogP contribution in [0.3, 0.4) is 0 Å². The molecule has 0 atom stereocenters. The highest BCUT2D eigenvalue weighted by atomic mass is 16.3. The molecule has 13 heavy (non-hydrogen) atoms. The molecule has 0 heterocycles. The van der Waals surface area contributed by atoms with E-state index in [9.17, 15) is 0 Å². The van der Waals surface area contributed by atoms with Crippen molar-refractivity contribution in [3.63, 3.8) is 0 Å². The molecular formula is C9H15N3O. The van der Waals surface area contributed by atoms with Crippen LogP contribution in [0.4, 0.5) is 5.69 Å². The molecular weight excluding hydrogens is 166 g/mol. The third kappa shape index (κ3) is 4.71. The lowest BCUT2D eigenvalue weighted by atomic mass is 10.3. The third-order valence-electron chi connectivity index (χ3n) is 1.03. The van der Waals surface area contributed by atoms with Crippen molar-refractivity contribution in [2.45, 2.75) is 21.3 Å². The molecule has 1 aromatic rings. The largest absolute Gasteiger partial charge is 0.507 e. The number of phenols is 1. The van der Waals surface area contributed by atoms with Crippen LogP contribution >= 0.6 is 0 Å². The van der Waals surface area contributed by atoms with Gasteiger partial charge in [-0.3, -0.25) is 0 Å². The lowest BCUT2D eigenvalue weighted by Crippen LogP contribution is -1.63. The first-order valence-electron chi connectivity index (χ1n) is 3.67. The Morgan fingerprint density at radius 2 is 1.85 bits per heavy atom. The molecule has 0 aliphatic carbocycles. The van der Waals surface area contributed by atoms with Crippen LogP contribution < -0.4 is 0 Å². The van der Waals surface area contributed by atoms with Gasteiger partial charge in [-0.2, -0.15) is 0 Å². The smallest absolute Gasteiger partial charge is 0.125 e. The fourth-order valence-corrected chi connectivity index (χ4v) is 0.597. The number of para-hydroxylation sites is 1. The Morgan fingerprint density at radius 1 is 1.31 bits per heavy atom. The second-order valence-electron chi connectivity index (χ2n) is 1.68. The second kappa shape index (κ2) is 8.43. The van der Waals surface area contributed by atoms with Crippen molar-refractivity contribution in [2.24, 2.45) is 5.11 Å². The van der Waals surface area contributed by atoms with E-state index in [-0.39, 0.29) is 18.9 Å². The summed E-state index contributed by atoms with van der Waals surface area (Å²) >= 11 is 0. The molecule has 0 saturated heterocycles. The van der Waals surface area contributed by atoms with Crippen LogP contribution in [0, 0.1) is 0 Å². The van der Waals surface area contributed by atoms with Gasteiger partial charge in [0.05, 0.1) is 5.69 Å². The maximum atomic E-state index is 8.98. The van der Waals surface area contributed by atoms with Crippen molar-refractivity contribution >= 4 is 5.69 Å². The van der Waals surface area contributed by atoms with Gasteiger partial charge in [0, 0.05) is 4.91 Å². The Morgan fingerprint density at radius 3 is 2.31 bits per heavy atom. The van der Waals surface area contributed by atoms with E-state index in [4.69, 9.17) is 10.6 Å². The lowest BCUT2D eigenvalue weighted by Gasteiger charge is -1.92. The number of benzene rings is 1. The topological polar surface area (TPSA) is 69.0 Å². The molecule has 0 aliphatic rings. The van der Waals surface area contributed by atoms with Crippen molar-refractivity contribution < 1.29 is 5.11 Å². The minimum absolute atomic E-state index is 0. The molecule has 4 nitrogen and oxygen atoms in total. The van der Waals surface area contributed by atoms with E-state index in [0.29, 0.717) is 0 Å². The Labute approximate surface area is 78.5 Å². The molecule has 0 bridgehead atoms. The summed E-state index contributed by atoms with van der Waals surface area (Å²) in [5.74, 6) is 0.000278. The molecule has 0 saturated carbocycles. The van der Waals surface area contributed by atoms with Gasteiger partial charge in [-0.15, -0.1) is 0 Å². The number of nitrogens with zero attached hydrogens (tertiary/aromatic N) is 3. The van der Waals surface area contributed by atoms with Gasteiger partial charge in [-0.25, -0.2) is 0 Å². The van der Waals surface area contributed by atoms with Gasteiger partial charge >= 0.3 is 0 Å². The molecule has 0 aliphatic heterocycles. The summed E-state index contributed by atoms with van der Waals surface area (Å²) in [6.07, 6.45) is 0. The summed E-state index contributed by atoms with van der Waals surface area (Å²) in [4.78, 5) is 2.53. The van der Waals surface area contributed by atoms with Gasteiger partial charge in [0.15, 0.2) is 0 Å². The van der Waals surface area contributed by atoms with Crippen molar-refractivity contribution in [1.82, 2.24) is 0 Å². The Balaban J connectivity index is 0. The Kier molecular flexibility index (Phi) is 9.00. The predicted molar refractivity (Wildman–Crippen MR) is 55.0 cm³/mol. The predicted octanol–water partition coefficient (Wildman–Crippen LogP) is 4.00. The van der Waals surface area contributed by atoms with E-state index in [1.54, 1.807) is 12.1 Å². The van der Waals surface area contributed by atoms with E-state index in [0.717, 1.165) is 0 Å². The van der Waals surface area contributed by atoms with Crippen LogP contribution in [0.2, 0.25) is 0 Å². The normalized spacial score (nSPS) is 6.92. The summed E-state index contributed by atoms with van der Waals surface area (Å²) in [6, 6.07) is 6.34. The highest BCUT2D eigenvalue weighted by molar-refractivity contribution is 5.49. The van der Waals surface area contributed by atoms with Crippen molar-refractivity contribution in [2.75, 3.05) is 0 Å². The Bertz CT molecular complexity index is 280. The molecule has 0 spiro atoms. The monoisotopic (exact) mass is 181 g/mol. The SMILES string of the molecule is C.CC.[N-]=[N+]=Nc1ccccc1O. The third-order valence-corrected chi connectivity index (χ3v) is 1.03. The molecule has 0 radical (unpaired) electrons. The molecule has 0 fully saturated rings. The van der Waals surface area contributed by atoms with Gasteiger partial charge in [-0.1, -0.05) is 38.5 Å². The van der Waals surface area contributed by atoms with E-state index in [2.05, 4.69) is 10.0 Å². The first kappa shape index (κ1) is 13.9. The van der Waals surface area contributed by atoms with Crippen molar-refractivity contribution in [3.8, 4) is 5.75 Å². The summed E-state index contributed by atoms with van der Waals surface area (Å²) in [6.45, 7) is 4.00. The van der Waals surface area contributed by atoms with Crippen LogP contribution in [0.25, 0.3) is 10.4 Å². The fraction of sp³-hybridized carbons (Fsp3) is 0.333. The molecule has 1 aromatic carbocycles. The van der Waals surface area contributed by atoms with Crippen molar-refractivity contribution in [3.05, 3.63) is 34.7 Å². The fourth-order valence-electron chi connectivity index (χ4n) is 0.597. The zero-order chi connectivity index (χ0) is 9.40. The average molecular weight is 181 g/mol. The zero-order valence-corrected chi connectivity index (χ0v) is 7.10. The molecule has 0 amide bonds. The Hall–Kier alpha value is -1.67. The van der Waals surface area contributed by atoms with Crippen LogP contribution in [0.5, 0.6) is 5.75 Å². The number of hydrogen-bond acceptors (Lipinski definition) is 2. The summed E-state index contributed by atoms with van der Waals surface area (Å²) in [5.41, 5.74) is 8.25. The molecule has 0 aromatic heterocycles. The summed E-state index contributed by atoms with van der Waals surface area (Å²) < 4.78 is 0. The van der Waals surface area contributed by atoms with Crippen LogP contribution in [-0.4, -0.2) is 5.11 Å². The van der Waals surface area contributed by atoms with Crippen LogP contribution in [-0.2, 0) is 0 Å². The van der Waals surface area contributed by atoms with Gasteiger partial charge in [-0.05, 0) is 17.7 Å². The first-order valence-corrected chi connectivity index (χ1v) is 3.67. The average Bonchev–Trinajstić information content (AvgIpc) is 2.13. The quantitative estimate of drug-likeness (QED) is 0.397. The van der Waals surface area contributed by atoms with E-state index >= 15 is 0 Å². The minimum atomic E-state index is 0. The van der Waals surface area contributed by atoms with Crippen LogP contribution in [0.1, 0.15) is 21.3 Å². The summed E-state index contributed by atoms with van der Waals surface area (Å²) in [5, 5.41) is 12.2. The maximum Gasteiger partial charge on any atom is 0.125 e. The van der Waals surface area contributed by atoms with E-state index in [1.165, 1.54) is 12.1 Å². The number of aromatic hydroxyl groups is 1. The van der Waals surface area contributed by atoms with Gasteiger partial charge < -0.3 is 5.11 Å². The molecule has 1 rings (SSSR count). The molecule has 4 heteroatoms. The van der Waals surface area contributed by atoms with E-state index in [1.807, 2.05) is 13.8 Å². The number of hydrogen-bond donors (Lipinski definition) is 1. The zero-order valence-electron chi connectivity index (χ0n) is 7.10. The molecule has 72 valence electrons. The number of phenolic OH excluding ortho intramolecular Hbond substituents is 1. The number of rotatable bonds is 1. The molecule has 1 N–H and O–H groups in total. The van der Waals surface area contributed by atoms with Gasteiger partial charge in [0.2, 0.25) is 0 Å². The lowest BCUT2D eigenvalue weighted by molar-refractivity contribution is 0.477. The second-order valence-corrected chi connectivity index (χ2v) is 1.68. The van der Waals surface area contributed by atoms with E-state index < -0.39 is 0 Å².